The Kier molecular flexibility index (Phi) is 4.76. The van der Waals surface area contributed by atoms with Crippen molar-refractivity contribution in [2.24, 2.45) is 0 Å². The molecule has 2 heterocycles. The molecular weight excluding hydrogens is 324 g/mol. The van der Waals surface area contributed by atoms with Crippen molar-refractivity contribution < 1.29 is 9.53 Å². The summed E-state index contributed by atoms with van der Waals surface area (Å²) in [6, 6.07) is 18.5. The summed E-state index contributed by atoms with van der Waals surface area (Å²) in [4.78, 5) is 15.1. The SMILES string of the molecule is CCC1CN(C(=O)c2cn(Cc3ccccc3)c3ccccc23)CCO1. The highest BCUT2D eigenvalue weighted by molar-refractivity contribution is 6.07. The van der Waals surface area contributed by atoms with Gasteiger partial charge in [-0.1, -0.05) is 55.5 Å². The standard InChI is InChI=1S/C22H24N2O2/c1-2-18-15-23(12-13-26-18)22(25)20-16-24(14-17-8-4-3-5-9-17)21-11-7-6-10-19(20)21/h3-11,16,18H,2,12-15H2,1H3. The molecule has 1 saturated heterocycles. The molecule has 1 aliphatic heterocycles. The fourth-order valence-corrected chi connectivity index (χ4v) is 3.65. The minimum absolute atomic E-state index is 0.106. The molecule has 0 N–H and O–H groups in total. The van der Waals surface area contributed by atoms with Gasteiger partial charge in [0.25, 0.3) is 5.91 Å². The first-order chi connectivity index (χ1) is 12.8. The largest absolute Gasteiger partial charge is 0.375 e. The summed E-state index contributed by atoms with van der Waals surface area (Å²) in [5, 5.41) is 1.02. The number of carbonyl (C=O) groups is 1. The summed E-state index contributed by atoms with van der Waals surface area (Å²) in [6.45, 7) is 4.81. The highest BCUT2D eigenvalue weighted by Gasteiger charge is 2.26. The predicted molar refractivity (Wildman–Crippen MR) is 103 cm³/mol. The Morgan fingerprint density at radius 1 is 1.12 bits per heavy atom. The lowest BCUT2D eigenvalue weighted by molar-refractivity contribution is -0.0225. The number of rotatable bonds is 4. The molecular formula is C22H24N2O2. The number of fused-ring (bicyclic) bond motifs is 1. The summed E-state index contributed by atoms with van der Waals surface area (Å²) < 4.78 is 7.89. The molecule has 1 atom stereocenters. The normalized spacial score (nSPS) is 17.6. The highest BCUT2D eigenvalue weighted by atomic mass is 16.5. The van der Waals surface area contributed by atoms with Crippen LogP contribution in [0, 0.1) is 0 Å². The minimum atomic E-state index is 0.106. The zero-order valence-corrected chi connectivity index (χ0v) is 15.1. The van der Waals surface area contributed by atoms with Gasteiger partial charge in [0.1, 0.15) is 0 Å². The second kappa shape index (κ2) is 7.34. The summed E-state index contributed by atoms with van der Waals surface area (Å²) >= 11 is 0. The quantitative estimate of drug-likeness (QED) is 0.716. The molecule has 26 heavy (non-hydrogen) atoms. The molecule has 0 aliphatic carbocycles. The van der Waals surface area contributed by atoms with Gasteiger partial charge in [-0.05, 0) is 18.1 Å². The Balaban J connectivity index is 1.68. The number of morpholine rings is 1. The second-order valence-corrected chi connectivity index (χ2v) is 6.83. The van der Waals surface area contributed by atoms with Gasteiger partial charge in [0.05, 0.1) is 18.3 Å². The molecule has 4 heteroatoms. The predicted octanol–water partition coefficient (Wildman–Crippen LogP) is 3.94. The number of ether oxygens (including phenoxy) is 1. The lowest BCUT2D eigenvalue weighted by Gasteiger charge is -2.32. The average Bonchev–Trinajstić information content (AvgIpc) is 3.07. The topological polar surface area (TPSA) is 34.5 Å². The number of benzene rings is 2. The second-order valence-electron chi connectivity index (χ2n) is 6.83. The lowest BCUT2D eigenvalue weighted by atomic mass is 10.1. The molecule has 4 rings (SSSR count). The van der Waals surface area contributed by atoms with E-state index < -0.39 is 0 Å². The molecule has 1 amide bonds. The van der Waals surface area contributed by atoms with E-state index >= 15 is 0 Å². The number of carbonyl (C=O) groups excluding carboxylic acids is 1. The number of nitrogens with zero attached hydrogens (tertiary/aromatic N) is 2. The van der Waals surface area contributed by atoms with Gasteiger partial charge >= 0.3 is 0 Å². The van der Waals surface area contributed by atoms with E-state index in [1.165, 1.54) is 5.56 Å². The first-order valence-corrected chi connectivity index (χ1v) is 9.29. The fourth-order valence-electron chi connectivity index (χ4n) is 3.65. The third kappa shape index (κ3) is 3.25. The summed E-state index contributed by atoms with van der Waals surface area (Å²) in [5.41, 5.74) is 3.11. The lowest BCUT2D eigenvalue weighted by Crippen LogP contribution is -2.45. The molecule has 1 aliphatic rings. The van der Waals surface area contributed by atoms with Gasteiger partial charge in [0.2, 0.25) is 0 Å². The summed E-state index contributed by atoms with van der Waals surface area (Å²) in [5.74, 6) is 0.106. The van der Waals surface area contributed by atoms with Crippen molar-refractivity contribution >= 4 is 16.8 Å². The van der Waals surface area contributed by atoms with Crippen LogP contribution in [-0.4, -0.2) is 41.2 Å². The van der Waals surface area contributed by atoms with Crippen molar-refractivity contribution in [1.29, 1.82) is 0 Å². The van der Waals surface area contributed by atoms with Crippen LogP contribution in [0.25, 0.3) is 10.9 Å². The Morgan fingerprint density at radius 3 is 2.69 bits per heavy atom. The maximum atomic E-state index is 13.2. The van der Waals surface area contributed by atoms with Crippen LogP contribution in [0.5, 0.6) is 0 Å². The van der Waals surface area contributed by atoms with Crippen molar-refractivity contribution in [2.75, 3.05) is 19.7 Å². The first-order valence-electron chi connectivity index (χ1n) is 9.29. The molecule has 1 fully saturated rings. The maximum absolute atomic E-state index is 13.2. The first kappa shape index (κ1) is 16.9. The van der Waals surface area contributed by atoms with Gasteiger partial charge in [-0.15, -0.1) is 0 Å². The molecule has 4 nitrogen and oxygen atoms in total. The Bertz CT molecular complexity index is 901. The van der Waals surface area contributed by atoms with Crippen LogP contribution in [0.4, 0.5) is 0 Å². The number of para-hydroxylation sites is 1. The van der Waals surface area contributed by atoms with Gasteiger partial charge in [-0.3, -0.25) is 4.79 Å². The van der Waals surface area contributed by atoms with Crippen LogP contribution in [0.1, 0.15) is 29.3 Å². The molecule has 1 unspecified atom stereocenters. The summed E-state index contributed by atoms with van der Waals surface area (Å²) in [6.07, 6.45) is 3.08. The smallest absolute Gasteiger partial charge is 0.256 e. The molecule has 0 bridgehead atoms. The molecule has 3 aromatic rings. The Labute approximate surface area is 154 Å². The van der Waals surface area contributed by atoms with Gasteiger partial charge in [-0.25, -0.2) is 0 Å². The van der Waals surface area contributed by atoms with E-state index in [1.54, 1.807) is 0 Å². The van der Waals surface area contributed by atoms with Crippen molar-refractivity contribution in [2.45, 2.75) is 26.0 Å². The third-order valence-corrected chi connectivity index (χ3v) is 5.10. The zero-order chi connectivity index (χ0) is 17.9. The Hall–Kier alpha value is -2.59. The Morgan fingerprint density at radius 2 is 1.88 bits per heavy atom. The molecule has 2 aromatic carbocycles. The zero-order valence-electron chi connectivity index (χ0n) is 15.1. The molecule has 134 valence electrons. The van der Waals surface area contributed by atoms with Gasteiger partial charge in [0.15, 0.2) is 0 Å². The average molecular weight is 348 g/mol. The number of hydrogen-bond donors (Lipinski definition) is 0. The van der Waals surface area contributed by atoms with Crippen LogP contribution < -0.4 is 0 Å². The third-order valence-electron chi connectivity index (χ3n) is 5.10. The van der Waals surface area contributed by atoms with Gasteiger partial charge in [0, 0.05) is 36.7 Å². The van der Waals surface area contributed by atoms with Crippen molar-refractivity contribution in [3.63, 3.8) is 0 Å². The van der Waals surface area contributed by atoms with E-state index in [-0.39, 0.29) is 12.0 Å². The van der Waals surface area contributed by atoms with E-state index in [0.717, 1.165) is 29.4 Å². The fraction of sp³-hybridized carbons (Fsp3) is 0.318. The number of hydrogen-bond acceptors (Lipinski definition) is 2. The maximum Gasteiger partial charge on any atom is 0.256 e. The minimum Gasteiger partial charge on any atom is -0.375 e. The number of amides is 1. The van der Waals surface area contributed by atoms with E-state index in [1.807, 2.05) is 47.5 Å². The van der Waals surface area contributed by atoms with Crippen molar-refractivity contribution in [3.05, 3.63) is 71.9 Å². The van der Waals surface area contributed by atoms with E-state index in [2.05, 4.69) is 29.7 Å². The number of aromatic nitrogens is 1. The molecule has 0 spiro atoms. The van der Waals surface area contributed by atoms with Crippen LogP contribution in [0.3, 0.4) is 0 Å². The molecule has 0 saturated carbocycles. The molecule has 1 aromatic heterocycles. The van der Waals surface area contributed by atoms with E-state index in [9.17, 15) is 4.79 Å². The van der Waals surface area contributed by atoms with Crippen molar-refractivity contribution in [3.8, 4) is 0 Å². The van der Waals surface area contributed by atoms with E-state index in [4.69, 9.17) is 4.74 Å². The van der Waals surface area contributed by atoms with Gasteiger partial charge < -0.3 is 14.2 Å². The highest BCUT2D eigenvalue weighted by Crippen LogP contribution is 2.24. The van der Waals surface area contributed by atoms with Crippen LogP contribution in [-0.2, 0) is 11.3 Å². The van der Waals surface area contributed by atoms with Crippen LogP contribution in [0.2, 0.25) is 0 Å². The van der Waals surface area contributed by atoms with Crippen LogP contribution in [0.15, 0.2) is 60.8 Å². The van der Waals surface area contributed by atoms with Crippen LogP contribution >= 0.6 is 0 Å². The molecule has 0 radical (unpaired) electrons. The van der Waals surface area contributed by atoms with Gasteiger partial charge in [-0.2, -0.15) is 0 Å². The monoisotopic (exact) mass is 348 g/mol. The van der Waals surface area contributed by atoms with Crippen molar-refractivity contribution in [1.82, 2.24) is 9.47 Å². The summed E-state index contributed by atoms with van der Waals surface area (Å²) in [7, 11) is 0. The van der Waals surface area contributed by atoms with E-state index in [0.29, 0.717) is 19.7 Å².